The molecule has 2 aromatic rings. The Kier molecular flexibility index (Phi) is 4.95. The zero-order chi connectivity index (χ0) is 16.1. The number of anilines is 3. The Morgan fingerprint density at radius 1 is 1.04 bits per heavy atom. The van der Waals surface area contributed by atoms with Crippen LogP contribution < -0.4 is 15.0 Å². The van der Waals surface area contributed by atoms with Crippen molar-refractivity contribution in [3.8, 4) is 5.75 Å². The molecule has 1 aliphatic rings. The molecule has 5 heteroatoms. The minimum absolute atomic E-state index is 0.789. The summed E-state index contributed by atoms with van der Waals surface area (Å²) in [5.41, 5.74) is 0.962. The first-order chi connectivity index (χ1) is 11.2. The van der Waals surface area contributed by atoms with Crippen molar-refractivity contribution in [1.82, 2.24) is 9.97 Å². The van der Waals surface area contributed by atoms with Gasteiger partial charge in [-0.25, -0.2) is 9.97 Å². The average molecular weight is 312 g/mol. The summed E-state index contributed by atoms with van der Waals surface area (Å²) in [5.74, 6) is 3.46. The van der Waals surface area contributed by atoms with E-state index < -0.39 is 0 Å². The number of aromatic nitrogens is 2. The molecule has 0 amide bonds. The quantitative estimate of drug-likeness (QED) is 0.927. The fraction of sp³-hybridized carbons (Fsp3) is 0.444. The van der Waals surface area contributed by atoms with E-state index in [4.69, 9.17) is 4.74 Å². The highest BCUT2D eigenvalue weighted by Gasteiger charge is 2.13. The molecule has 1 saturated heterocycles. The maximum absolute atomic E-state index is 5.27. The van der Waals surface area contributed by atoms with Crippen LogP contribution in [-0.4, -0.2) is 30.2 Å². The van der Waals surface area contributed by atoms with Gasteiger partial charge in [0.1, 0.15) is 23.2 Å². The molecule has 23 heavy (non-hydrogen) atoms. The molecule has 1 aliphatic heterocycles. The minimum Gasteiger partial charge on any atom is -0.497 e. The van der Waals surface area contributed by atoms with Gasteiger partial charge in [-0.2, -0.15) is 0 Å². The van der Waals surface area contributed by atoms with E-state index in [2.05, 4.69) is 20.2 Å². The lowest BCUT2D eigenvalue weighted by Gasteiger charge is -2.22. The smallest absolute Gasteiger partial charge is 0.136 e. The average Bonchev–Trinajstić information content (AvgIpc) is 2.84. The first-order valence-electron chi connectivity index (χ1n) is 8.26. The van der Waals surface area contributed by atoms with Crippen molar-refractivity contribution in [2.24, 2.45) is 0 Å². The topological polar surface area (TPSA) is 50.3 Å². The van der Waals surface area contributed by atoms with Crippen LogP contribution in [0.2, 0.25) is 0 Å². The number of nitrogens with one attached hydrogen (secondary N) is 1. The first-order valence-corrected chi connectivity index (χ1v) is 8.26. The molecule has 5 nitrogen and oxygen atoms in total. The Bertz CT molecular complexity index is 651. The standard InChI is InChI=1S/C18H24N4O/c1-14-19-17(21-15-8-7-9-16(12-15)23-2)13-18(20-14)22-10-5-3-4-6-11-22/h7-9,12-13H,3-6,10-11H2,1-2H3,(H,19,20,21). The van der Waals surface area contributed by atoms with Crippen LogP contribution in [0.5, 0.6) is 5.75 Å². The maximum atomic E-state index is 5.27. The van der Waals surface area contributed by atoms with Gasteiger partial charge in [0.2, 0.25) is 0 Å². The number of hydrogen-bond donors (Lipinski definition) is 1. The van der Waals surface area contributed by atoms with Gasteiger partial charge in [0, 0.05) is 30.9 Å². The normalized spacial score (nSPS) is 15.1. The largest absolute Gasteiger partial charge is 0.497 e. The highest BCUT2D eigenvalue weighted by molar-refractivity contribution is 5.61. The van der Waals surface area contributed by atoms with E-state index in [9.17, 15) is 0 Å². The molecule has 1 aromatic heterocycles. The van der Waals surface area contributed by atoms with Gasteiger partial charge in [-0.3, -0.25) is 0 Å². The molecule has 1 fully saturated rings. The number of hydrogen-bond acceptors (Lipinski definition) is 5. The van der Waals surface area contributed by atoms with Crippen LogP contribution in [0.15, 0.2) is 30.3 Å². The van der Waals surface area contributed by atoms with Gasteiger partial charge in [0.15, 0.2) is 0 Å². The summed E-state index contributed by atoms with van der Waals surface area (Å²) < 4.78 is 5.27. The van der Waals surface area contributed by atoms with Crippen LogP contribution >= 0.6 is 0 Å². The zero-order valence-corrected chi connectivity index (χ0v) is 13.9. The maximum Gasteiger partial charge on any atom is 0.136 e. The Morgan fingerprint density at radius 2 is 1.83 bits per heavy atom. The Morgan fingerprint density at radius 3 is 2.57 bits per heavy atom. The summed E-state index contributed by atoms with van der Waals surface area (Å²) in [6.45, 7) is 4.10. The molecule has 2 heterocycles. The van der Waals surface area contributed by atoms with E-state index in [1.54, 1.807) is 7.11 Å². The highest BCUT2D eigenvalue weighted by Crippen LogP contribution is 2.24. The second kappa shape index (κ2) is 7.31. The van der Waals surface area contributed by atoms with Gasteiger partial charge in [0.25, 0.3) is 0 Å². The molecule has 0 unspecified atom stereocenters. The van der Waals surface area contributed by atoms with Gasteiger partial charge >= 0.3 is 0 Å². The van der Waals surface area contributed by atoms with Gasteiger partial charge < -0.3 is 15.0 Å². The predicted octanol–water partition coefficient (Wildman–Crippen LogP) is 3.92. The van der Waals surface area contributed by atoms with Crippen molar-refractivity contribution in [1.29, 1.82) is 0 Å². The van der Waals surface area contributed by atoms with Gasteiger partial charge in [-0.05, 0) is 31.9 Å². The summed E-state index contributed by atoms with van der Waals surface area (Å²) in [6, 6.07) is 9.90. The summed E-state index contributed by atoms with van der Waals surface area (Å²) in [4.78, 5) is 11.5. The molecule has 3 rings (SSSR count). The van der Waals surface area contributed by atoms with Crippen molar-refractivity contribution in [2.45, 2.75) is 32.6 Å². The van der Waals surface area contributed by atoms with Crippen molar-refractivity contribution < 1.29 is 4.74 Å². The number of nitrogens with zero attached hydrogens (tertiary/aromatic N) is 3. The summed E-state index contributed by atoms with van der Waals surface area (Å²) >= 11 is 0. The third-order valence-electron chi connectivity index (χ3n) is 4.10. The molecule has 0 radical (unpaired) electrons. The highest BCUT2D eigenvalue weighted by atomic mass is 16.5. The molecule has 122 valence electrons. The van der Waals surface area contributed by atoms with Crippen LogP contribution in [0.1, 0.15) is 31.5 Å². The molecule has 1 aromatic carbocycles. The fourth-order valence-corrected chi connectivity index (χ4v) is 2.93. The van der Waals surface area contributed by atoms with E-state index in [1.165, 1.54) is 25.7 Å². The van der Waals surface area contributed by atoms with Crippen molar-refractivity contribution in [2.75, 3.05) is 30.4 Å². The van der Waals surface area contributed by atoms with Crippen LogP contribution in [0.25, 0.3) is 0 Å². The lowest BCUT2D eigenvalue weighted by Crippen LogP contribution is -2.25. The first kappa shape index (κ1) is 15.6. The second-order valence-corrected chi connectivity index (χ2v) is 5.92. The SMILES string of the molecule is COc1cccc(Nc2cc(N3CCCCCC3)nc(C)n2)c1. The van der Waals surface area contributed by atoms with Crippen LogP contribution in [0.4, 0.5) is 17.3 Å². The molecule has 0 spiro atoms. The van der Waals surface area contributed by atoms with E-state index >= 15 is 0 Å². The third-order valence-corrected chi connectivity index (χ3v) is 4.10. The molecule has 0 atom stereocenters. The van der Waals surface area contributed by atoms with Crippen LogP contribution in [0, 0.1) is 6.92 Å². The Labute approximate surface area is 137 Å². The van der Waals surface area contributed by atoms with Gasteiger partial charge in [-0.1, -0.05) is 18.9 Å². The van der Waals surface area contributed by atoms with Crippen molar-refractivity contribution in [3.63, 3.8) is 0 Å². The summed E-state index contributed by atoms with van der Waals surface area (Å²) in [6.07, 6.45) is 5.11. The van der Waals surface area contributed by atoms with Crippen LogP contribution in [-0.2, 0) is 0 Å². The molecular weight excluding hydrogens is 288 g/mol. The summed E-state index contributed by atoms with van der Waals surface area (Å²) in [5, 5.41) is 3.36. The van der Waals surface area contributed by atoms with Crippen LogP contribution in [0.3, 0.4) is 0 Å². The number of ether oxygens (including phenoxy) is 1. The lowest BCUT2D eigenvalue weighted by molar-refractivity contribution is 0.415. The Balaban J connectivity index is 1.81. The van der Waals surface area contributed by atoms with E-state index in [-0.39, 0.29) is 0 Å². The summed E-state index contributed by atoms with van der Waals surface area (Å²) in [7, 11) is 1.67. The second-order valence-electron chi connectivity index (χ2n) is 5.92. The van der Waals surface area contributed by atoms with Crippen molar-refractivity contribution >= 4 is 17.3 Å². The number of aryl methyl sites for hydroxylation is 1. The predicted molar refractivity (Wildman–Crippen MR) is 93.7 cm³/mol. The molecule has 0 bridgehead atoms. The molecule has 1 N–H and O–H groups in total. The van der Waals surface area contributed by atoms with E-state index in [1.807, 2.05) is 37.3 Å². The number of methoxy groups -OCH3 is 1. The molecule has 0 aliphatic carbocycles. The molecule has 0 saturated carbocycles. The van der Waals surface area contributed by atoms with E-state index in [0.29, 0.717) is 0 Å². The molecular formula is C18H24N4O. The van der Waals surface area contributed by atoms with Gasteiger partial charge in [0.05, 0.1) is 7.11 Å². The third kappa shape index (κ3) is 4.12. The minimum atomic E-state index is 0.789. The van der Waals surface area contributed by atoms with Crippen molar-refractivity contribution in [3.05, 3.63) is 36.2 Å². The lowest BCUT2D eigenvalue weighted by atomic mass is 10.2. The Hall–Kier alpha value is -2.30. The number of rotatable bonds is 4. The fourth-order valence-electron chi connectivity index (χ4n) is 2.93. The van der Waals surface area contributed by atoms with E-state index in [0.717, 1.165) is 42.0 Å². The zero-order valence-electron chi connectivity index (χ0n) is 13.9. The monoisotopic (exact) mass is 312 g/mol. The van der Waals surface area contributed by atoms with Gasteiger partial charge in [-0.15, -0.1) is 0 Å². The number of benzene rings is 1.